The maximum Gasteiger partial charge on any atom is 0.236 e. The summed E-state index contributed by atoms with van der Waals surface area (Å²) in [7, 11) is 0. The maximum absolute atomic E-state index is 11.7. The molecule has 1 unspecified atom stereocenters. The number of nitrogens with one attached hydrogen (secondary N) is 2. The third-order valence-corrected chi connectivity index (χ3v) is 4.56. The van der Waals surface area contributed by atoms with E-state index in [1.54, 1.807) is 4.88 Å². The molecular weight excluding hydrogens is 244 g/mol. The van der Waals surface area contributed by atoms with Crippen LogP contribution >= 0.6 is 11.3 Å². The highest BCUT2D eigenvalue weighted by Crippen LogP contribution is 2.30. The lowest BCUT2D eigenvalue weighted by Crippen LogP contribution is -2.41. The van der Waals surface area contributed by atoms with Crippen molar-refractivity contribution < 1.29 is 4.79 Å². The Morgan fingerprint density at radius 2 is 2.33 bits per heavy atom. The first-order valence-corrected chi connectivity index (χ1v) is 7.64. The summed E-state index contributed by atoms with van der Waals surface area (Å²) in [5.74, 6) is 0.0981. The van der Waals surface area contributed by atoms with Crippen LogP contribution in [-0.4, -0.2) is 18.5 Å². The van der Waals surface area contributed by atoms with Crippen LogP contribution in [0.3, 0.4) is 0 Å². The molecule has 0 saturated heterocycles. The molecule has 0 saturated carbocycles. The van der Waals surface area contributed by atoms with Gasteiger partial charge >= 0.3 is 0 Å². The van der Waals surface area contributed by atoms with Gasteiger partial charge in [-0.05, 0) is 44.2 Å². The number of rotatable bonds is 6. The van der Waals surface area contributed by atoms with E-state index in [2.05, 4.69) is 23.6 Å². The number of hydrogen-bond acceptors (Lipinski definition) is 3. The summed E-state index contributed by atoms with van der Waals surface area (Å²) in [6, 6.07) is 2.19. The molecule has 2 rings (SSSR count). The van der Waals surface area contributed by atoms with E-state index in [4.69, 9.17) is 0 Å². The Hall–Kier alpha value is -0.870. The zero-order chi connectivity index (χ0) is 13.0. The van der Waals surface area contributed by atoms with Crippen LogP contribution in [0.4, 0.5) is 0 Å². The molecule has 0 radical (unpaired) electrons. The molecule has 0 fully saturated rings. The minimum absolute atomic E-state index is 0.0981. The molecule has 2 N–H and O–H groups in total. The Kier molecular flexibility index (Phi) is 4.78. The van der Waals surface area contributed by atoms with Crippen molar-refractivity contribution in [3.8, 4) is 0 Å². The molecule has 0 aromatic carbocycles. The molecule has 1 atom stereocenters. The summed E-state index contributed by atoms with van der Waals surface area (Å²) >= 11 is 1.90. The Bertz CT molecular complexity index is 392. The number of hydrogen-bond donors (Lipinski definition) is 2. The largest absolute Gasteiger partial charge is 0.355 e. The minimum atomic E-state index is -0.117. The molecule has 18 heavy (non-hydrogen) atoms. The lowest BCUT2D eigenvalue weighted by molar-refractivity contribution is -0.122. The predicted molar refractivity (Wildman–Crippen MR) is 75.9 cm³/mol. The molecule has 4 heteroatoms. The van der Waals surface area contributed by atoms with Gasteiger partial charge in [-0.2, -0.15) is 0 Å². The van der Waals surface area contributed by atoms with Gasteiger partial charge in [-0.25, -0.2) is 0 Å². The standard InChI is InChI=1S/C14H22N2OS/c1-3-7-15-14(17)10(2)16-9-12-8-11-5-4-6-13(11)18-12/h8,10,16H,3-7,9H2,1-2H3,(H,15,17). The summed E-state index contributed by atoms with van der Waals surface area (Å²) in [5, 5.41) is 6.20. The summed E-state index contributed by atoms with van der Waals surface area (Å²) in [5.41, 5.74) is 1.53. The number of carbonyl (C=O) groups is 1. The van der Waals surface area contributed by atoms with E-state index in [-0.39, 0.29) is 11.9 Å². The minimum Gasteiger partial charge on any atom is -0.355 e. The zero-order valence-electron chi connectivity index (χ0n) is 11.2. The summed E-state index contributed by atoms with van der Waals surface area (Å²) in [6.45, 7) is 5.55. The molecule has 1 aromatic heterocycles. The Morgan fingerprint density at radius 3 is 3.06 bits per heavy atom. The van der Waals surface area contributed by atoms with E-state index in [0.29, 0.717) is 0 Å². The molecule has 1 aromatic rings. The lowest BCUT2D eigenvalue weighted by Gasteiger charge is -2.12. The van der Waals surface area contributed by atoms with Crippen molar-refractivity contribution in [3.05, 3.63) is 21.4 Å². The third-order valence-electron chi connectivity index (χ3n) is 3.32. The quantitative estimate of drug-likeness (QED) is 0.829. The van der Waals surface area contributed by atoms with E-state index in [1.165, 1.54) is 29.7 Å². The van der Waals surface area contributed by atoms with Gasteiger partial charge in [0.1, 0.15) is 0 Å². The maximum atomic E-state index is 11.7. The van der Waals surface area contributed by atoms with Crippen LogP contribution in [0.25, 0.3) is 0 Å². The van der Waals surface area contributed by atoms with Crippen molar-refractivity contribution in [3.63, 3.8) is 0 Å². The van der Waals surface area contributed by atoms with Crippen LogP contribution in [0.1, 0.15) is 42.0 Å². The number of carbonyl (C=O) groups excluding carboxylic acids is 1. The second kappa shape index (κ2) is 6.34. The molecule has 3 nitrogen and oxygen atoms in total. The van der Waals surface area contributed by atoms with Gasteiger partial charge < -0.3 is 10.6 Å². The molecule has 100 valence electrons. The number of fused-ring (bicyclic) bond motifs is 1. The van der Waals surface area contributed by atoms with Crippen molar-refractivity contribution in [2.45, 2.75) is 52.1 Å². The Balaban J connectivity index is 1.78. The smallest absolute Gasteiger partial charge is 0.236 e. The molecule has 1 amide bonds. The molecular formula is C14H22N2OS. The van der Waals surface area contributed by atoms with Crippen LogP contribution in [-0.2, 0) is 24.2 Å². The van der Waals surface area contributed by atoms with Crippen molar-refractivity contribution >= 4 is 17.2 Å². The highest BCUT2D eigenvalue weighted by atomic mass is 32.1. The van der Waals surface area contributed by atoms with E-state index < -0.39 is 0 Å². The van der Waals surface area contributed by atoms with Gasteiger partial charge in [-0.15, -0.1) is 11.3 Å². The summed E-state index contributed by atoms with van der Waals surface area (Å²) in [4.78, 5) is 14.6. The fourth-order valence-electron chi connectivity index (χ4n) is 2.23. The first kappa shape index (κ1) is 13.6. The second-order valence-corrected chi connectivity index (χ2v) is 6.13. The topological polar surface area (TPSA) is 41.1 Å². The molecule has 0 aliphatic heterocycles. The highest BCUT2D eigenvalue weighted by Gasteiger charge is 2.16. The predicted octanol–water partition coefficient (Wildman–Crippen LogP) is 2.24. The number of thiophene rings is 1. The number of aryl methyl sites for hydroxylation is 2. The summed E-state index contributed by atoms with van der Waals surface area (Å²) < 4.78 is 0. The van der Waals surface area contributed by atoms with Crippen molar-refractivity contribution in [1.29, 1.82) is 0 Å². The van der Waals surface area contributed by atoms with Gasteiger partial charge in [0.2, 0.25) is 5.91 Å². The normalized spacial score (nSPS) is 15.4. The van der Waals surface area contributed by atoms with Gasteiger partial charge in [-0.1, -0.05) is 6.92 Å². The molecule has 1 aliphatic rings. The summed E-state index contributed by atoms with van der Waals surface area (Å²) in [6.07, 6.45) is 4.77. The van der Waals surface area contributed by atoms with Crippen LogP contribution in [0, 0.1) is 0 Å². The Labute approximate surface area is 113 Å². The van der Waals surface area contributed by atoms with Crippen LogP contribution in [0.15, 0.2) is 6.07 Å². The monoisotopic (exact) mass is 266 g/mol. The van der Waals surface area contributed by atoms with E-state index in [0.717, 1.165) is 19.5 Å². The molecule has 1 aliphatic carbocycles. The lowest BCUT2D eigenvalue weighted by atomic mass is 10.2. The molecule has 1 heterocycles. The average Bonchev–Trinajstić information content (AvgIpc) is 2.93. The van der Waals surface area contributed by atoms with E-state index in [9.17, 15) is 4.79 Å². The van der Waals surface area contributed by atoms with Gasteiger partial charge in [0.05, 0.1) is 6.04 Å². The third kappa shape index (κ3) is 3.33. The molecule has 0 spiro atoms. The fourth-order valence-corrected chi connectivity index (χ4v) is 3.44. The van der Waals surface area contributed by atoms with Gasteiger partial charge in [0.25, 0.3) is 0 Å². The average molecular weight is 266 g/mol. The van der Waals surface area contributed by atoms with Crippen molar-refractivity contribution in [2.75, 3.05) is 6.54 Å². The first-order valence-electron chi connectivity index (χ1n) is 6.82. The van der Waals surface area contributed by atoms with E-state index >= 15 is 0 Å². The first-order chi connectivity index (χ1) is 8.70. The van der Waals surface area contributed by atoms with Gasteiger partial charge in [0, 0.05) is 22.8 Å². The van der Waals surface area contributed by atoms with E-state index in [1.807, 2.05) is 18.3 Å². The highest BCUT2D eigenvalue weighted by molar-refractivity contribution is 7.12. The van der Waals surface area contributed by atoms with Crippen LogP contribution < -0.4 is 10.6 Å². The SMILES string of the molecule is CCCNC(=O)C(C)NCc1cc2c(s1)CCC2. The van der Waals surface area contributed by atoms with Crippen molar-refractivity contribution in [1.82, 2.24) is 10.6 Å². The molecule has 0 bridgehead atoms. The van der Waals surface area contributed by atoms with Crippen molar-refractivity contribution in [2.24, 2.45) is 0 Å². The van der Waals surface area contributed by atoms with Crippen LogP contribution in [0.5, 0.6) is 0 Å². The van der Waals surface area contributed by atoms with Gasteiger partial charge in [-0.3, -0.25) is 4.79 Å². The Morgan fingerprint density at radius 1 is 1.50 bits per heavy atom. The zero-order valence-corrected chi connectivity index (χ0v) is 12.0. The fraction of sp³-hybridized carbons (Fsp3) is 0.643. The van der Waals surface area contributed by atoms with Gasteiger partial charge in [0.15, 0.2) is 0 Å². The van der Waals surface area contributed by atoms with Crippen LogP contribution in [0.2, 0.25) is 0 Å². The number of amides is 1. The second-order valence-electron chi connectivity index (χ2n) is 4.91.